The molecule has 1 amide bonds. The molecule has 2 unspecified atom stereocenters. The molecule has 0 bridgehead atoms. The van der Waals surface area contributed by atoms with Crippen molar-refractivity contribution in [2.75, 3.05) is 25.0 Å². The van der Waals surface area contributed by atoms with Crippen LogP contribution in [0.15, 0.2) is 48.5 Å². The van der Waals surface area contributed by atoms with E-state index >= 15 is 0 Å². The number of carbonyl (C=O) groups is 1. The van der Waals surface area contributed by atoms with Crippen LogP contribution in [0, 0.1) is 5.92 Å². The van der Waals surface area contributed by atoms with Crippen LogP contribution in [0.4, 0.5) is 5.69 Å². The number of likely N-dealkylation sites (tertiary alicyclic amines) is 1. The molecule has 0 saturated carbocycles. The van der Waals surface area contributed by atoms with Crippen molar-refractivity contribution < 1.29 is 4.79 Å². The summed E-state index contributed by atoms with van der Waals surface area (Å²) in [5.74, 6) is 0.562. The molecule has 0 spiro atoms. The van der Waals surface area contributed by atoms with E-state index in [0.29, 0.717) is 5.92 Å². The summed E-state index contributed by atoms with van der Waals surface area (Å²) in [6, 6.07) is 16.8. The first kappa shape index (κ1) is 19.7. The highest BCUT2D eigenvalue weighted by Gasteiger charge is 2.28. The second-order valence-electron chi connectivity index (χ2n) is 7.58. The van der Waals surface area contributed by atoms with Crippen LogP contribution in [0.3, 0.4) is 0 Å². The molecule has 0 aromatic heterocycles. The smallest absolute Gasteiger partial charge is 0.251 e. The first-order chi connectivity index (χ1) is 12.7. The van der Waals surface area contributed by atoms with E-state index in [4.69, 9.17) is 0 Å². The summed E-state index contributed by atoms with van der Waals surface area (Å²) < 4.78 is 0. The van der Waals surface area contributed by atoms with E-state index in [1.807, 2.05) is 18.2 Å². The Bertz CT molecular complexity index is 780. The van der Waals surface area contributed by atoms with Crippen molar-refractivity contribution in [1.82, 2.24) is 10.2 Å². The molecule has 0 aliphatic carbocycles. The molecule has 144 valence electrons. The van der Waals surface area contributed by atoms with Crippen molar-refractivity contribution in [2.24, 2.45) is 5.92 Å². The molecule has 2 N–H and O–H groups in total. The molecule has 4 rings (SSSR count). The van der Waals surface area contributed by atoms with Gasteiger partial charge in [-0.05, 0) is 61.6 Å². The maximum absolute atomic E-state index is 12.6. The van der Waals surface area contributed by atoms with E-state index in [-0.39, 0.29) is 24.4 Å². The molecule has 2 heterocycles. The van der Waals surface area contributed by atoms with Gasteiger partial charge in [-0.25, -0.2) is 0 Å². The van der Waals surface area contributed by atoms with Crippen molar-refractivity contribution in [3.63, 3.8) is 0 Å². The number of hydrogen-bond acceptors (Lipinski definition) is 3. The Labute approximate surface area is 167 Å². The van der Waals surface area contributed by atoms with Crippen LogP contribution < -0.4 is 10.6 Å². The molecule has 2 aliphatic rings. The number of nitrogens with zero attached hydrogens (tertiary/aromatic N) is 1. The van der Waals surface area contributed by atoms with Gasteiger partial charge in [-0.3, -0.25) is 9.69 Å². The predicted molar refractivity (Wildman–Crippen MR) is 113 cm³/mol. The van der Waals surface area contributed by atoms with Gasteiger partial charge in [0.05, 0.1) is 0 Å². The third-order valence-corrected chi connectivity index (χ3v) is 5.70. The van der Waals surface area contributed by atoms with Crippen molar-refractivity contribution in [3.8, 4) is 0 Å². The van der Waals surface area contributed by atoms with Gasteiger partial charge in [0.15, 0.2) is 0 Å². The molecular weight excluding hydrogens is 358 g/mol. The van der Waals surface area contributed by atoms with Gasteiger partial charge >= 0.3 is 0 Å². The summed E-state index contributed by atoms with van der Waals surface area (Å²) >= 11 is 0. The van der Waals surface area contributed by atoms with E-state index in [2.05, 4.69) is 52.8 Å². The van der Waals surface area contributed by atoms with Gasteiger partial charge in [-0.15, -0.1) is 12.4 Å². The van der Waals surface area contributed by atoms with E-state index in [9.17, 15) is 4.79 Å². The average molecular weight is 386 g/mol. The lowest BCUT2D eigenvalue weighted by atomic mass is 10.00. The van der Waals surface area contributed by atoms with E-state index < -0.39 is 0 Å². The van der Waals surface area contributed by atoms with Crippen molar-refractivity contribution >= 4 is 24.0 Å². The largest absolute Gasteiger partial charge is 0.384 e. The maximum atomic E-state index is 12.6. The SMILES string of the molecule is CC(NC(=O)c1ccc2c(c1)CCN2)C1CCN(Cc2ccccc2)C1.Cl. The molecule has 2 aliphatic heterocycles. The molecule has 2 aromatic carbocycles. The van der Waals surface area contributed by atoms with E-state index in [1.54, 1.807) is 0 Å². The number of fused-ring (bicyclic) bond motifs is 1. The monoisotopic (exact) mass is 385 g/mol. The summed E-state index contributed by atoms with van der Waals surface area (Å²) in [6.07, 6.45) is 2.14. The van der Waals surface area contributed by atoms with Crippen LogP contribution in [0.5, 0.6) is 0 Å². The lowest BCUT2D eigenvalue weighted by Crippen LogP contribution is -2.39. The molecule has 0 radical (unpaired) electrons. The van der Waals surface area contributed by atoms with Crippen LogP contribution in [-0.4, -0.2) is 36.5 Å². The molecule has 4 nitrogen and oxygen atoms in total. The van der Waals surface area contributed by atoms with E-state index in [0.717, 1.165) is 44.6 Å². The number of halogens is 1. The second-order valence-corrected chi connectivity index (χ2v) is 7.58. The first-order valence-electron chi connectivity index (χ1n) is 9.63. The maximum Gasteiger partial charge on any atom is 0.251 e. The van der Waals surface area contributed by atoms with Gasteiger partial charge in [0, 0.05) is 36.9 Å². The molecule has 27 heavy (non-hydrogen) atoms. The number of hydrogen-bond donors (Lipinski definition) is 2. The van der Waals surface area contributed by atoms with Crippen LogP contribution in [0.1, 0.15) is 34.8 Å². The number of nitrogens with one attached hydrogen (secondary N) is 2. The Balaban J connectivity index is 0.00000210. The predicted octanol–water partition coefficient (Wildman–Crippen LogP) is 3.72. The molecular formula is C22H28ClN3O. The van der Waals surface area contributed by atoms with Gasteiger partial charge in [-0.2, -0.15) is 0 Å². The first-order valence-corrected chi connectivity index (χ1v) is 9.63. The Hall–Kier alpha value is -2.04. The minimum Gasteiger partial charge on any atom is -0.384 e. The molecule has 1 fully saturated rings. The summed E-state index contributed by atoms with van der Waals surface area (Å²) in [5.41, 5.74) is 4.55. The minimum atomic E-state index is 0. The van der Waals surface area contributed by atoms with Crippen molar-refractivity contribution in [3.05, 3.63) is 65.2 Å². The van der Waals surface area contributed by atoms with Crippen molar-refractivity contribution in [1.29, 1.82) is 0 Å². The van der Waals surface area contributed by atoms with Gasteiger partial charge in [0.2, 0.25) is 0 Å². The Morgan fingerprint density at radius 2 is 2.07 bits per heavy atom. The zero-order chi connectivity index (χ0) is 17.9. The Morgan fingerprint density at radius 3 is 2.89 bits per heavy atom. The fourth-order valence-electron chi connectivity index (χ4n) is 4.11. The highest BCUT2D eigenvalue weighted by atomic mass is 35.5. The van der Waals surface area contributed by atoms with Crippen LogP contribution in [-0.2, 0) is 13.0 Å². The molecule has 1 saturated heterocycles. The normalized spacial score (nSPS) is 19.7. The summed E-state index contributed by atoms with van der Waals surface area (Å²) in [5, 5.41) is 6.57. The lowest BCUT2D eigenvalue weighted by Gasteiger charge is -2.22. The van der Waals surface area contributed by atoms with Crippen LogP contribution in [0.2, 0.25) is 0 Å². The number of benzene rings is 2. The number of amides is 1. The minimum absolute atomic E-state index is 0. The topological polar surface area (TPSA) is 44.4 Å². The van der Waals surface area contributed by atoms with Gasteiger partial charge < -0.3 is 10.6 Å². The second kappa shape index (κ2) is 8.77. The molecule has 5 heteroatoms. The third-order valence-electron chi connectivity index (χ3n) is 5.70. The number of carbonyl (C=O) groups excluding carboxylic acids is 1. The third kappa shape index (κ3) is 4.63. The highest BCUT2D eigenvalue weighted by molar-refractivity contribution is 5.95. The highest BCUT2D eigenvalue weighted by Crippen LogP contribution is 2.24. The van der Waals surface area contributed by atoms with Gasteiger partial charge in [-0.1, -0.05) is 30.3 Å². The van der Waals surface area contributed by atoms with Crippen LogP contribution >= 0.6 is 12.4 Å². The van der Waals surface area contributed by atoms with E-state index in [1.165, 1.54) is 16.8 Å². The zero-order valence-corrected chi connectivity index (χ0v) is 16.6. The fraction of sp³-hybridized carbons (Fsp3) is 0.409. The zero-order valence-electron chi connectivity index (χ0n) is 15.8. The molecule has 2 aromatic rings. The fourth-order valence-corrected chi connectivity index (χ4v) is 4.11. The molecule has 2 atom stereocenters. The number of rotatable bonds is 5. The standard InChI is InChI=1S/C22H27N3O.ClH/c1-16(20-10-12-25(15-20)14-17-5-3-2-4-6-17)24-22(26)19-7-8-21-18(13-19)9-11-23-21;/h2-8,13,16,20,23H,9-12,14-15H2,1H3,(H,24,26);1H. The van der Waals surface area contributed by atoms with Gasteiger partial charge in [0.25, 0.3) is 5.91 Å². The summed E-state index contributed by atoms with van der Waals surface area (Å²) in [4.78, 5) is 15.1. The quantitative estimate of drug-likeness (QED) is 0.824. The Morgan fingerprint density at radius 1 is 1.26 bits per heavy atom. The van der Waals surface area contributed by atoms with Gasteiger partial charge in [0.1, 0.15) is 0 Å². The van der Waals surface area contributed by atoms with Crippen LogP contribution in [0.25, 0.3) is 0 Å². The van der Waals surface area contributed by atoms with Crippen molar-refractivity contribution in [2.45, 2.75) is 32.4 Å². The summed E-state index contributed by atoms with van der Waals surface area (Å²) in [6.45, 7) is 6.25. The number of anilines is 1. The Kier molecular flexibility index (Phi) is 6.40. The lowest BCUT2D eigenvalue weighted by molar-refractivity contribution is 0.0927. The summed E-state index contributed by atoms with van der Waals surface area (Å²) in [7, 11) is 0. The average Bonchev–Trinajstić information content (AvgIpc) is 3.31.